The first-order chi connectivity index (χ1) is 9.84. The van der Waals surface area contributed by atoms with Crippen LogP contribution in [0.1, 0.15) is 11.1 Å². The minimum Gasteiger partial charge on any atom is -0.508 e. The molecule has 6 heteroatoms. The second-order valence-electron chi connectivity index (χ2n) is 4.44. The minimum atomic E-state index is -4.52. The van der Waals surface area contributed by atoms with E-state index in [1.54, 1.807) is 12.1 Å². The molecule has 2 aromatic carbocycles. The van der Waals surface area contributed by atoms with Crippen LogP contribution in [0.15, 0.2) is 42.5 Å². The molecule has 2 nitrogen and oxygen atoms in total. The molecular formula is C15H12ClF3O2. The lowest BCUT2D eigenvalue weighted by molar-refractivity contribution is -0.137. The van der Waals surface area contributed by atoms with Crippen LogP contribution in [0, 0.1) is 0 Å². The largest absolute Gasteiger partial charge is 0.508 e. The molecule has 0 amide bonds. The van der Waals surface area contributed by atoms with E-state index in [0.717, 1.165) is 17.7 Å². The van der Waals surface area contributed by atoms with Gasteiger partial charge in [-0.05, 0) is 29.8 Å². The molecule has 1 N–H and O–H groups in total. The molecule has 0 aliphatic carbocycles. The van der Waals surface area contributed by atoms with Gasteiger partial charge in [-0.25, -0.2) is 0 Å². The third kappa shape index (κ3) is 4.56. The summed E-state index contributed by atoms with van der Waals surface area (Å²) < 4.78 is 43.0. The van der Waals surface area contributed by atoms with E-state index < -0.39 is 17.5 Å². The molecule has 21 heavy (non-hydrogen) atoms. The highest BCUT2D eigenvalue weighted by Gasteiger charge is 2.31. The number of hydrogen-bond donors (Lipinski definition) is 1. The summed E-state index contributed by atoms with van der Waals surface area (Å²) in [6.07, 6.45) is -4.00. The van der Waals surface area contributed by atoms with Crippen LogP contribution in [-0.4, -0.2) is 11.7 Å². The molecule has 0 aliphatic heterocycles. The molecule has 2 aromatic rings. The Morgan fingerprint density at radius 1 is 1.05 bits per heavy atom. The van der Waals surface area contributed by atoms with Crippen molar-refractivity contribution in [2.75, 3.05) is 6.61 Å². The van der Waals surface area contributed by atoms with Crippen molar-refractivity contribution in [1.29, 1.82) is 0 Å². The summed E-state index contributed by atoms with van der Waals surface area (Å²) in [4.78, 5) is 0. The topological polar surface area (TPSA) is 29.5 Å². The molecule has 112 valence electrons. The molecule has 0 aromatic heterocycles. The molecule has 0 atom stereocenters. The summed E-state index contributed by atoms with van der Waals surface area (Å²) in [7, 11) is 0. The predicted molar refractivity (Wildman–Crippen MR) is 73.8 cm³/mol. The van der Waals surface area contributed by atoms with Gasteiger partial charge >= 0.3 is 6.18 Å². The molecule has 0 aliphatic rings. The number of ether oxygens (including phenoxy) is 1. The van der Waals surface area contributed by atoms with Crippen LogP contribution >= 0.6 is 11.6 Å². The number of phenols is 1. The third-order valence-electron chi connectivity index (χ3n) is 2.79. The highest BCUT2D eigenvalue weighted by atomic mass is 35.5. The Balaban J connectivity index is 2.00. The van der Waals surface area contributed by atoms with Crippen molar-refractivity contribution in [2.45, 2.75) is 12.6 Å². The van der Waals surface area contributed by atoms with Crippen LogP contribution in [0.4, 0.5) is 13.2 Å². The van der Waals surface area contributed by atoms with Crippen LogP contribution in [-0.2, 0) is 12.6 Å². The Labute approximate surface area is 124 Å². The van der Waals surface area contributed by atoms with Gasteiger partial charge in [0.25, 0.3) is 0 Å². The number of rotatable bonds is 4. The van der Waals surface area contributed by atoms with Crippen LogP contribution in [0.2, 0.25) is 5.02 Å². The van der Waals surface area contributed by atoms with Gasteiger partial charge in [0.15, 0.2) is 0 Å². The first kappa shape index (κ1) is 15.5. The van der Waals surface area contributed by atoms with E-state index in [2.05, 4.69) is 0 Å². The van der Waals surface area contributed by atoms with Crippen molar-refractivity contribution < 1.29 is 23.0 Å². The summed E-state index contributed by atoms with van der Waals surface area (Å²) in [5.41, 5.74) is 0.0135. The Hall–Kier alpha value is -1.88. The summed E-state index contributed by atoms with van der Waals surface area (Å²) in [6, 6.07) is 9.76. The Morgan fingerprint density at radius 2 is 1.71 bits per heavy atom. The van der Waals surface area contributed by atoms with Gasteiger partial charge in [-0.15, -0.1) is 0 Å². The van der Waals surface area contributed by atoms with Crippen molar-refractivity contribution in [3.8, 4) is 11.5 Å². The molecular weight excluding hydrogens is 305 g/mol. The van der Waals surface area contributed by atoms with Gasteiger partial charge in [0, 0.05) is 17.5 Å². The lowest BCUT2D eigenvalue weighted by Gasteiger charge is -2.11. The lowest BCUT2D eigenvalue weighted by Crippen LogP contribution is -2.06. The highest BCUT2D eigenvalue weighted by molar-refractivity contribution is 6.30. The number of phenolic OH excluding ortho intramolecular Hbond substituents is 1. The first-order valence-electron chi connectivity index (χ1n) is 6.13. The van der Waals surface area contributed by atoms with Crippen LogP contribution < -0.4 is 4.74 Å². The maximum absolute atomic E-state index is 12.6. The molecule has 0 saturated heterocycles. The van der Waals surface area contributed by atoms with E-state index in [4.69, 9.17) is 16.3 Å². The number of aromatic hydroxyl groups is 1. The Bertz CT molecular complexity index is 609. The standard InChI is InChI=1S/C15H12ClF3O2/c16-12-3-1-10(2-4-12)5-6-21-14-8-11(15(17,18)19)7-13(20)9-14/h1-4,7-9,20H,5-6H2. The Kier molecular flexibility index (Phi) is 4.63. The van der Waals surface area contributed by atoms with E-state index in [0.29, 0.717) is 17.5 Å². The Morgan fingerprint density at radius 3 is 2.33 bits per heavy atom. The van der Waals surface area contributed by atoms with E-state index in [-0.39, 0.29) is 12.4 Å². The van der Waals surface area contributed by atoms with Crippen LogP contribution in [0.5, 0.6) is 11.5 Å². The SMILES string of the molecule is Oc1cc(OCCc2ccc(Cl)cc2)cc(C(F)(F)F)c1. The first-order valence-corrected chi connectivity index (χ1v) is 6.51. The normalized spacial score (nSPS) is 11.4. The van der Waals surface area contributed by atoms with Crippen molar-refractivity contribution >= 4 is 11.6 Å². The van der Waals surface area contributed by atoms with Crippen molar-refractivity contribution in [1.82, 2.24) is 0 Å². The van der Waals surface area contributed by atoms with Gasteiger partial charge < -0.3 is 9.84 Å². The third-order valence-corrected chi connectivity index (χ3v) is 3.04. The summed E-state index contributed by atoms with van der Waals surface area (Å²) >= 11 is 5.75. The summed E-state index contributed by atoms with van der Waals surface area (Å²) in [5, 5.41) is 9.92. The average Bonchev–Trinajstić information content (AvgIpc) is 2.39. The molecule has 0 unspecified atom stereocenters. The molecule has 2 rings (SSSR count). The zero-order valence-electron chi connectivity index (χ0n) is 10.8. The number of hydrogen-bond acceptors (Lipinski definition) is 2. The molecule has 0 spiro atoms. The zero-order chi connectivity index (χ0) is 15.5. The van der Waals surface area contributed by atoms with Gasteiger partial charge in [0.05, 0.1) is 12.2 Å². The van der Waals surface area contributed by atoms with E-state index >= 15 is 0 Å². The van der Waals surface area contributed by atoms with Crippen LogP contribution in [0.25, 0.3) is 0 Å². The fourth-order valence-electron chi connectivity index (χ4n) is 1.77. The van der Waals surface area contributed by atoms with Gasteiger partial charge in [-0.1, -0.05) is 23.7 Å². The molecule has 0 bridgehead atoms. The van der Waals surface area contributed by atoms with Crippen molar-refractivity contribution in [3.63, 3.8) is 0 Å². The van der Waals surface area contributed by atoms with Gasteiger partial charge in [-0.3, -0.25) is 0 Å². The summed E-state index contributed by atoms with van der Waals surface area (Å²) in [6.45, 7) is 0.197. The maximum atomic E-state index is 12.6. The summed E-state index contributed by atoms with van der Waals surface area (Å²) in [5.74, 6) is -0.498. The van der Waals surface area contributed by atoms with Crippen molar-refractivity contribution in [2.24, 2.45) is 0 Å². The van der Waals surface area contributed by atoms with Crippen molar-refractivity contribution in [3.05, 3.63) is 58.6 Å². The molecule has 0 radical (unpaired) electrons. The van der Waals surface area contributed by atoms with Gasteiger partial charge in [-0.2, -0.15) is 13.2 Å². The maximum Gasteiger partial charge on any atom is 0.416 e. The number of halogens is 4. The fraction of sp³-hybridized carbons (Fsp3) is 0.200. The van der Waals surface area contributed by atoms with E-state index in [9.17, 15) is 18.3 Å². The second kappa shape index (κ2) is 6.26. The molecule has 0 heterocycles. The van der Waals surface area contributed by atoms with Crippen LogP contribution in [0.3, 0.4) is 0 Å². The molecule has 0 saturated carbocycles. The lowest BCUT2D eigenvalue weighted by atomic mass is 10.1. The average molecular weight is 317 g/mol. The monoisotopic (exact) mass is 316 g/mol. The van der Waals surface area contributed by atoms with E-state index in [1.807, 2.05) is 12.1 Å². The minimum absolute atomic E-state index is 0.0173. The van der Waals surface area contributed by atoms with E-state index in [1.165, 1.54) is 0 Å². The quantitative estimate of drug-likeness (QED) is 0.887. The smallest absolute Gasteiger partial charge is 0.416 e. The molecule has 0 fully saturated rings. The fourth-order valence-corrected chi connectivity index (χ4v) is 1.89. The second-order valence-corrected chi connectivity index (χ2v) is 4.87. The van der Waals surface area contributed by atoms with Gasteiger partial charge in [0.1, 0.15) is 11.5 Å². The number of benzene rings is 2. The zero-order valence-corrected chi connectivity index (χ0v) is 11.6. The van der Waals surface area contributed by atoms with Gasteiger partial charge in [0.2, 0.25) is 0 Å². The highest BCUT2D eigenvalue weighted by Crippen LogP contribution is 2.34. The number of alkyl halides is 3. The predicted octanol–water partition coefficient (Wildman–Crippen LogP) is 4.69.